The predicted molar refractivity (Wildman–Crippen MR) is 172 cm³/mol. The Balaban J connectivity index is 1.52. The molecule has 1 aliphatic heterocycles. The van der Waals surface area contributed by atoms with Gasteiger partial charge in [0.2, 0.25) is 5.90 Å². The summed E-state index contributed by atoms with van der Waals surface area (Å²) in [5.41, 5.74) is 1.87. The molecule has 0 radical (unpaired) electrons. The molecule has 6 nitrogen and oxygen atoms in total. The van der Waals surface area contributed by atoms with Crippen molar-refractivity contribution in [2.75, 3.05) is 19.8 Å². The molecule has 4 aromatic carbocycles. The summed E-state index contributed by atoms with van der Waals surface area (Å²) >= 11 is 7.17. The summed E-state index contributed by atoms with van der Waals surface area (Å²) in [7, 11) is 0. The lowest BCUT2D eigenvalue weighted by Gasteiger charge is -2.31. The minimum absolute atomic E-state index is 0.0594. The average Bonchev–Trinajstić information content (AvgIpc) is 3.39. The highest BCUT2D eigenvalue weighted by Gasteiger charge is 2.53. The van der Waals surface area contributed by atoms with Gasteiger partial charge in [-0.2, -0.15) is 0 Å². The predicted octanol–water partition coefficient (Wildman–Crippen LogP) is 6.97. The fourth-order valence-corrected chi connectivity index (χ4v) is 5.78. The van der Waals surface area contributed by atoms with Crippen LogP contribution in [-0.4, -0.2) is 42.2 Å². The van der Waals surface area contributed by atoms with Crippen molar-refractivity contribution in [2.45, 2.75) is 30.9 Å². The number of nitrogens with one attached hydrogen (secondary N) is 1. The third-order valence-electron chi connectivity index (χ3n) is 7.19. The first-order valence-corrected chi connectivity index (χ1v) is 15.6. The number of carbonyl (C=O) groups excluding carboxylic acids is 1. The second-order valence-corrected chi connectivity index (χ2v) is 12.0. The smallest absolute Gasteiger partial charge is 0.252 e. The van der Waals surface area contributed by atoms with Crippen molar-refractivity contribution < 1.29 is 23.8 Å². The van der Waals surface area contributed by atoms with E-state index in [0.717, 1.165) is 25.6 Å². The largest absolute Gasteiger partial charge is 0.494 e. The molecule has 1 heterocycles. The highest BCUT2D eigenvalue weighted by molar-refractivity contribution is 9.10. The molecule has 43 heavy (non-hydrogen) atoms. The van der Waals surface area contributed by atoms with Crippen LogP contribution in [0.2, 0.25) is 0 Å². The number of aliphatic hydroxyl groups excluding tert-OH is 1. The fourth-order valence-electron chi connectivity index (χ4n) is 5.03. The van der Waals surface area contributed by atoms with Gasteiger partial charge in [0.1, 0.15) is 11.6 Å². The number of aliphatic imine (C=N–C) groups is 1. The quantitative estimate of drug-likeness (QED) is 0.156. The van der Waals surface area contributed by atoms with Crippen LogP contribution in [0.15, 0.2) is 111 Å². The molecule has 2 N–H and O–H groups in total. The number of hydrogen-bond donors (Lipinski definition) is 2. The Hall–Kier alpha value is -3.53. The molecule has 0 fully saturated rings. The van der Waals surface area contributed by atoms with Gasteiger partial charge in [0.15, 0.2) is 11.6 Å². The summed E-state index contributed by atoms with van der Waals surface area (Å²) in [5, 5.41) is 12.1. The van der Waals surface area contributed by atoms with E-state index in [2.05, 4.69) is 37.2 Å². The molecular formula is C34H31Br2FN2O4. The average molecular weight is 710 g/mol. The molecule has 0 saturated carbocycles. The van der Waals surface area contributed by atoms with Crippen LogP contribution < -0.4 is 10.1 Å². The van der Waals surface area contributed by atoms with E-state index < -0.39 is 11.6 Å². The first-order chi connectivity index (χ1) is 20.9. The normalized spacial score (nSPS) is 17.7. The number of carbonyl (C=O) groups is 1. The van der Waals surface area contributed by atoms with E-state index in [4.69, 9.17) is 19.6 Å². The molecule has 4 aromatic rings. The lowest BCUT2D eigenvalue weighted by atomic mass is 9.82. The summed E-state index contributed by atoms with van der Waals surface area (Å²) < 4.78 is 27.8. The van der Waals surface area contributed by atoms with Crippen LogP contribution in [0.5, 0.6) is 5.75 Å². The van der Waals surface area contributed by atoms with Crippen molar-refractivity contribution in [3.63, 3.8) is 0 Å². The van der Waals surface area contributed by atoms with E-state index >= 15 is 0 Å². The van der Waals surface area contributed by atoms with Gasteiger partial charge in [0, 0.05) is 46.1 Å². The van der Waals surface area contributed by atoms with E-state index in [1.165, 1.54) is 12.1 Å². The van der Waals surface area contributed by atoms with Gasteiger partial charge in [-0.25, -0.2) is 9.38 Å². The summed E-state index contributed by atoms with van der Waals surface area (Å²) in [4.78, 5) is 19.4. The Morgan fingerprint density at radius 2 is 1.74 bits per heavy atom. The molecule has 0 spiro atoms. The topological polar surface area (TPSA) is 80.2 Å². The molecule has 0 aromatic heterocycles. The number of halogens is 3. The third-order valence-corrected chi connectivity index (χ3v) is 8.44. The maximum absolute atomic E-state index is 14.3. The Bertz CT molecular complexity index is 1580. The Morgan fingerprint density at radius 1 is 0.977 bits per heavy atom. The van der Waals surface area contributed by atoms with Gasteiger partial charge in [0.05, 0.1) is 6.61 Å². The van der Waals surface area contributed by atoms with Gasteiger partial charge in [-0.1, -0.05) is 74.3 Å². The lowest BCUT2D eigenvalue weighted by molar-refractivity contribution is -0.128. The molecule has 2 atom stereocenters. The number of amides is 1. The van der Waals surface area contributed by atoms with E-state index in [1.807, 2.05) is 78.9 Å². The number of rotatable bonds is 12. The van der Waals surface area contributed by atoms with Gasteiger partial charge in [-0.05, 0) is 72.1 Å². The zero-order valence-corrected chi connectivity index (χ0v) is 26.5. The minimum atomic E-state index is -1.34. The highest BCUT2D eigenvalue weighted by Crippen LogP contribution is 2.44. The molecule has 0 unspecified atom stereocenters. The van der Waals surface area contributed by atoms with Crippen molar-refractivity contribution in [1.29, 1.82) is 0 Å². The maximum atomic E-state index is 14.3. The standard InChI is InChI=1S/C34H31Br2FN2O4/c35-26-13-9-24(10-14-26)22-34(33(41)38-18-17-23-5-3-6-27(37)21-23)31(29-7-1-2-8-30(29)36)43-32(39-34)25-11-15-28(16-12-25)42-20-4-19-40/h1-3,5-16,21,31,40H,4,17-20,22H2,(H,38,41)/t31-,34-/m1/s1. The van der Waals surface area contributed by atoms with Crippen molar-refractivity contribution in [1.82, 2.24) is 5.32 Å². The van der Waals surface area contributed by atoms with Crippen LogP contribution in [-0.2, 0) is 22.4 Å². The van der Waals surface area contributed by atoms with Gasteiger partial charge in [-0.15, -0.1) is 0 Å². The molecule has 1 amide bonds. The van der Waals surface area contributed by atoms with E-state index in [1.54, 1.807) is 6.07 Å². The number of hydrogen-bond acceptors (Lipinski definition) is 5. The first-order valence-electron chi connectivity index (χ1n) is 14.0. The van der Waals surface area contributed by atoms with Gasteiger partial charge < -0.3 is 19.9 Å². The zero-order chi connectivity index (χ0) is 30.2. The Labute approximate surface area is 267 Å². The van der Waals surface area contributed by atoms with Crippen molar-refractivity contribution in [3.05, 3.63) is 134 Å². The molecule has 1 aliphatic rings. The van der Waals surface area contributed by atoms with Crippen molar-refractivity contribution >= 4 is 43.7 Å². The van der Waals surface area contributed by atoms with E-state index in [9.17, 15) is 9.18 Å². The molecule has 5 rings (SSSR count). The number of nitrogens with zero attached hydrogens (tertiary/aromatic N) is 1. The number of ether oxygens (including phenoxy) is 2. The maximum Gasteiger partial charge on any atom is 0.252 e. The van der Waals surface area contributed by atoms with Gasteiger partial charge in [-0.3, -0.25) is 4.79 Å². The minimum Gasteiger partial charge on any atom is -0.494 e. The van der Waals surface area contributed by atoms with Gasteiger partial charge >= 0.3 is 0 Å². The number of benzene rings is 4. The molecular weight excluding hydrogens is 679 g/mol. The second kappa shape index (κ2) is 14.3. The van der Waals surface area contributed by atoms with Crippen LogP contribution in [0.3, 0.4) is 0 Å². The third kappa shape index (κ3) is 7.52. The Kier molecular flexibility index (Phi) is 10.3. The van der Waals surface area contributed by atoms with Crippen LogP contribution in [0.1, 0.15) is 34.8 Å². The molecule has 0 saturated heterocycles. The SMILES string of the molecule is O=C(NCCc1cccc(F)c1)[C@]1(Cc2ccc(Br)cc2)N=C(c2ccc(OCCCO)cc2)O[C@@H]1c1ccccc1Br. The monoisotopic (exact) mass is 708 g/mol. The van der Waals surface area contributed by atoms with Crippen LogP contribution >= 0.6 is 31.9 Å². The van der Waals surface area contributed by atoms with Gasteiger partial charge in [0.25, 0.3) is 5.91 Å². The fraction of sp³-hybridized carbons (Fsp3) is 0.235. The van der Waals surface area contributed by atoms with Crippen molar-refractivity contribution in [2.24, 2.45) is 4.99 Å². The summed E-state index contributed by atoms with van der Waals surface area (Å²) in [6, 6.07) is 29.2. The summed E-state index contributed by atoms with van der Waals surface area (Å²) in [5.74, 6) is 0.411. The molecule has 9 heteroatoms. The lowest BCUT2D eigenvalue weighted by Crippen LogP contribution is -2.50. The van der Waals surface area contributed by atoms with Crippen LogP contribution in [0.25, 0.3) is 0 Å². The zero-order valence-electron chi connectivity index (χ0n) is 23.3. The van der Waals surface area contributed by atoms with E-state index in [0.29, 0.717) is 43.2 Å². The van der Waals surface area contributed by atoms with Crippen LogP contribution in [0.4, 0.5) is 4.39 Å². The molecule has 222 valence electrons. The van der Waals surface area contributed by atoms with E-state index in [-0.39, 0.29) is 24.8 Å². The highest BCUT2D eigenvalue weighted by atomic mass is 79.9. The first kappa shape index (κ1) is 30.9. The van der Waals surface area contributed by atoms with Crippen LogP contribution in [0, 0.1) is 5.82 Å². The second-order valence-electron chi connectivity index (χ2n) is 10.2. The number of aliphatic hydroxyl groups is 1. The Morgan fingerprint density at radius 3 is 2.47 bits per heavy atom. The molecule has 0 aliphatic carbocycles. The molecule has 0 bridgehead atoms. The van der Waals surface area contributed by atoms with Crippen molar-refractivity contribution in [3.8, 4) is 5.75 Å². The summed E-state index contributed by atoms with van der Waals surface area (Å²) in [6.45, 7) is 0.769. The summed E-state index contributed by atoms with van der Waals surface area (Å²) in [6.07, 6.45) is 0.547.